The molecule has 1 rings (SSSR count). The van der Waals surface area contributed by atoms with E-state index in [0.29, 0.717) is 6.42 Å². The highest BCUT2D eigenvalue weighted by Crippen LogP contribution is 2.17. The third-order valence-corrected chi connectivity index (χ3v) is 3.05. The van der Waals surface area contributed by atoms with Crippen LogP contribution in [0.5, 0.6) is 0 Å². The number of hydrogen-bond donors (Lipinski definition) is 2. The van der Waals surface area contributed by atoms with Crippen molar-refractivity contribution in [1.29, 1.82) is 0 Å². The fraction of sp³-hybridized carbons (Fsp3) is 0.533. The second-order valence-electron chi connectivity index (χ2n) is 4.65. The Bertz CT molecular complexity index is 359. The molecule has 0 aliphatic carbocycles. The van der Waals surface area contributed by atoms with Gasteiger partial charge in [-0.1, -0.05) is 36.8 Å². The van der Waals surface area contributed by atoms with Gasteiger partial charge in [0.1, 0.15) is 0 Å². The molecule has 0 saturated heterocycles. The van der Waals surface area contributed by atoms with E-state index in [1.807, 2.05) is 7.05 Å². The van der Waals surface area contributed by atoms with Gasteiger partial charge in [-0.05, 0) is 38.9 Å². The SMILES string of the molecule is CCC(NC(=O)CCCNC)c1ccc(C)cc1. The molecule has 0 bridgehead atoms. The standard InChI is InChI=1S/C15H24N2O/c1-4-14(13-9-7-12(2)8-10-13)17-15(18)6-5-11-16-3/h7-10,14,16H,4-6,11H2,1-3H3,(H,17,18). The van der Waals surface area contributed by atoms with Crippen LogP contribution in [0.4, 0.5) is 0 Å². The predicted molar refractivity (Wildman–Crippen MR) is 75.5 cm³/mol. The largest absolute Gasteiger partial charge is 0.349 e. The molecule has 0 radical (unpaired) electrons. The predicted octanol–water partition coefficient (Wildman–Crippen LogP) is 2.56. The zero-order valence-electron chi connectivity index (χ0n) is 11.6. The first kappa shape index (κ1) is 14.7. The molecule has 1 amide bonds. The summed E-state index contributed by atoms with van der Waals surface area (Å²) in [4.78, 5) is 11.8. The Kier molecular flexibility index (Phi) is 6.44. The zero-order valence-corrected chi connectivity index (χ0v) is 11.6. The van der Waals surface area contributed by atoms with Gasteiger partial charge in [-0.3, -0.25) is 4.79 Å². The van der Waals surface area contributed by atoms with E-state index in [1.165, 1.54) is 11.1 Å². The summed E-state index contributed by atoms with van der Waals surface area (Å²) >= 11 is 0. The van der Waals surface area contributed by atoms with E-state index in [2.05, 4.69) is 48.7 Å². The number of benzene rings is 1. The van der Waals surface area contributed by atoms with Crippen molar-refractivity contribution in [3.8, 4) is 0 Å². The maximum Gasteiger partial charge on any atom is 0.220 e. The molecule has 1 aromatic rings. The number of amides is 1. The van der Waals surface area contributed by atoms with Crippen LogP contribution in [0.15, 0.2) is 24.3 Å². The Morgan fingerprint density at radius 3 is 2.50 bits per heavy atom. The highest BCUT2D eigenvalue weighted by molar-refractivity contribution is 5.76. The molecule has 3 heteroatoms. The Hall–Kier alpha value is -1.35. The van der Waals surface area contributed by atoms with Crippen LogP contribution in [0.1, 0.15) is 43.4 Å². The van der Waals surface area contributed by atoms with Crippen LogP contribution in [0.2, 0.25) is 0 Å². The van der Waals surface area contributed by atoms with Gasteiger partial charge in [0.2, 0.25) is 5.91 Å². The number of rotatable bonds is 7. The molecular weight excluding hydrogens is 224 g/mol. The Balaban J connectivity index is 2.51. The lowest BCUT2D eigenvalue weighted by Crippen LogP contribution is -2.28. The van der Waals surface area contributed by atoms with Gasteiger partial charge >= 0.3 is 0 Å². The summed E-state index contributed by atoms with van der Waals surface area (Å²) in [6.45, 7) is 5.05. The Morgan fingerprint density at radius 1 is 1.28 bits per heavy atom. The third-order valence-electron chi connectivity index (χ3n) is 3.05. The lowest BCUT2D eigenvalue weighted by atomic mass is 10.0. The summed E-state index contributed by atoms with van der Waals surface area (Å²) in [5.74, 6) is 0.137. The summed E-state index contributed by atoms with van der Waals surface area (Å²) in [6, 6.07) is 8.50. The van der Waals surface area contributed by atoms with Gasteiger partial charge in [-0.15, -0.1) is 0 Å². The first-order valence-electron chi connectivity index (χ1n) is 6.68. The number of carbonyl (C=O) groups excluding carboxylic acids is 1. The Morgan fingerprint density at radius 2 is 1.94 bits per heavy atom. The molecule has 0 aliphatic heterocycles. The van der Waals surface area contributed by atoms with Gasteiger partial charge in [0.25, 0.3) is 0 Å². The summed E-state index contributed by atoms with van der Waals surface area (Å²) in [5, 5.41) is 6.14. The molecule has 0 saturated carbocycles. The quantitative estimate of drug-likeness (QED) is 0.728. The van der Waals surface area contributed by atoms with E-state index in [1.54, 1.807) is 0 Å². The number of aryl methyl sites for hydroxylation is 1. The van der Waals surface area contributed by atoms with Crippen molar-refractivity contribution in [2.24, 2.45) is 0 Å². The van der Waals surface area contributed by atoms with E-state index in [-0.39, 0.29) is 11.9 Å². The van der Waals surface area contributed by atoms with Crippen molar-refractivity contribution in [3.05, 3.63) is 35.4 Å². The van der Waals surface area contributed by atoms with E-state index < -0.39 is 0 Å². The highest BCUT2D eigenvalue weighted by Gasteiger charge is 2.11. The summed E-state index contributed by atoms with van der Waals surface area (Å²) in [7, 11) is 1.90. The van der Waals surface area contributed by atoms with Gasteiger partial charge < -0.3 is 10.6 Å². The molecule has 100 valence electrons. The summed E-state index contributed by atoms with van der Waals surface area (Å²) < 4.78 is 0. The lowest BCUT2D eigenvalue weighted by Gasteiger charge is -2.17. The first-order valence-corrected chi connectivity index (χ1v) is 6.68. The molecule has 1 atom stereocenters. The van der Waals surface area contributed by atoms with Gasteiger partial charge in [0.05, 0.1) is 6.04 Å². The minimum Gasteiger partial charge on any atom is -0.349 e. The molecule has 1 aromatic carbocycles. The van der Waals surface area contributed by atoms with E-state index in [4.69, 9.17) is 0 Å². The van der Waals surface area contributed by atoms with Crippen LogP contribution < -0.4 is 10.6 Å². The second kappa shape index (κ2) is 7.88. The fourth-order valence-electron chi connectivity index (χ4n) is 1.91. The molecule has 0 spiro atoms. The molecule has 18 heavy (non-hydrogen) atoms. The summed E-state index contributed by atoms with van der Waals surface area (Å²) in [5.41, 5.74) is 2.43. The van der Waals surface area contributed by atoms with Crippen LogP contribution in [0.25, 0.3) is 0 Å². The summed E-state index contributed by atoms with van der Waals surface area (Å²) in [6.07, 6.45) is 2.39. The van der Waals surface area contributed by atoms with Crippen molar-refractivity contribution in [3.63, 3.8) is 0 Å². The zero-order chi connectivity index (χ0) is 13.4. The van der Waals surface area contributed by atoms with Gasteiger partial charge in [0.15, 0.2) is 0 Å². The third kappa shape index (κ3) is 4.88. The fourth-order valence-corrected chi connectivity index (χ4v) is 1.91. The van der Waals surface area contributed by atoms with Crippen LogP contribution in [-0.4, -0.2) is 19.5 Å². The van der Waals surface area contributed by atoms with Gasteiger partial charge in [-0.2, -0.15) is 0 Å². The normalized spacial score (nSPS) is 12.2. The smallest absolute Gasteiger partial charge is 0.220 e. The van der Waals surface area contributed by atoms with E-state index in [0.717, 1.165) is 19.4 Å². The molecule has 0 fully saturated rings. The van der Waals surface area contributed by atoms with Crippen LogP contribution in [0, 0.1) is 6.92 Å². The minimum absolute atomic E-state index is 0.132. The number of hydrogen-bond acceptors (Lipinski definition) is 2. The van der Waals surface area contributed by atoms with Crippen molar-refractivity contribution >= 4 is 5.91 Å². The molecular formula is C15H24N2O. The van der Waals surface area contributed by atoms with Crippen molar-refractivity contribution in [2.45, 2.75) is 39.2 Å². The van der Waals surface area contributed by atoms with E-state index >= 15 is 0 Å². The molecule has 3 nitrogen and oxygen atoms in total. The molecule has 0 heterocycles. The first-order chi connectivity index (χ1) is 8.67. The van der Waals surface area contributed by atoms with Crippen molar-refractivity contribution < 1.29 is 4.79 Å². The molecule has 0 aliphatic rings. The highest BCUT2D eigenvalue weighted by atomic mass is 16.1. The van der Waals surface area contributed by atoms with E-state index in [9.17, 15) is 4.79 Å². The van der Waals surface area contributed by atoms with Crippen molar-refractivity contribution in [1.82, 2.24) is 10.6 Å². The molecule has 2 N–H and O–H groups in total. The van der Waals surface area contributed by atoms with Crippen LogP contribution in [-0.2, 0) is 4.79 Å². The van der Waals surface area contributed by atoms with Gasteiger partial charge in [0, 0.05) is 6.42 Å². The maximum atomic E-state index is 11.8. The van der Waals surface area contributed by atoms with Crippen molar-refractivity contribution in [2.75, 3.05) is 13.6 Å². The Labute approximate surface area is 110 Å². The molecule has 0 aromatic heterocycles. The van der Waals surface area contributed by atoms with Gasteiger partial charge in [-0.25, -0.2) is 0 Å². The average molecular weight is 248 g/mol. The number of nitrogens with one attached hydrogen (secondary N) is 2. The average Bonchev–Trinajstić information content (AvgIpc) is 2.37. The lowest BCUT2D eigenvalue weighted by molar-refractivity contribution is -0.121. The van der Waals surface area contributed by atoms with Crippen LogP contribution >= 0.6 is 0 Å². The maximum absolute atomic E-state index is 11.8. The number of carbonyl (C=O) groups is 1. The monoisotopic (exact) mass is 248 g/mol. The second-order valence-corrected chi connectivity index (χ2v) is 4.65. The topological polar surface area (TPSA) is 41.1 Å². The minimum atomic E-state index is 0.132. The molecule has 1 unspecified atom stereocenters. The van der Waals surface area contributed by atoms with Crippen LogP contribution in [0.3, 0.4) is 0 Å².